The van der Waals surface area contributed by atoms with Gasteiger partial charge in [-0.15, -0.1) is 0 Å². The molecule has 0 aromatic rings. The molecule has 1 aliphatic carbocycles. The van der Waals surface area contributed by atoms with E-state index in [9.17, 15) is 0 Å². The number of nitrogens with zero attached hydrogens (tertiary/aromatic N) is 2. The average molecular weight is 296 g/mol. The van der Waals surface area contributed by atoms with Gasteiger partial charge in [0.05, 0.1) is 0 Å². The summed E-state index contributed by atoms with van der Waals surface area (Å²) in [5, 5.41) is 3.89. The predicted molar refractivity (Wildman–Crippen MR) is 91.8 cm³/mol. The topological polar surface area (TPSA) is 18.5 Å². The maximum absolute atomic E-state index is 3.89. The molecule has 0 aromatic carbocycles. The van der Waals surface area contributed by atoms with Gasteiger partial charge >= 0.3 is 0 Å². The highest BCUT2D eigenvalue weighted by Gasteiger charge is 2.30. The largest absolute Gasteiger partial charge is 0.312 e. The van der Waals surface area contributed by atoms with Crippen LogP contribution >= 0.6 is 0 Å². The number of piperazine rings is 1. The van der Waals surface area contributed by atoms with Crippen LogP contribution in [-0.2, 0) is 0 Å². The lowest BCUT2D eigenvalue weighted by Gasteiger charge is -2.44. The fourth-order valence-electron chi connectivity index (χ4n) is 3.78. The molecule has 0 aromatic heterocycles. The van der Waals surface area contributed by atoms with E-state index in [2.05, 4.69) is 49.9 Å². The predicted octanol–water partition coefficient (Wildman–Crippen LogP) is 2.96. The van der Waals surface area contributed by atoms with Crippen molar-refractivity contribution in [1.29, 1.82) is 0 Å². The summed E-state index contributed by atoms with van der Waals surface area (Å²) < 4.78 is 0. The number of rotatable bonds is 4. The van der Waals surface area contributed by atoms with Crippen molar-refractivity contribution in [2.45, 2.75) is 71.4 Å². The van der Waals surface area contributed by atoms with E-state index >= 15 is 0 Å². The summed E-state index contributed by atoms with van der Waals surface area (Å²) in [6.07, 6.45) is 6.88. The van der Waals surface area contributed by atoms with Crippen LogP contribution in [-0.4, -0.2) is 61.2 Å². The van der Waals surface area contributed by atoms with Gasteiger partial charge in [-0.2, -0.15) is 0 Å². The first kappa shape index (κ1) is 17.2. The van der Waals surface area contributed by atoms with E-state index in [0.29, 0.717) is 5.41 Å². The highest BCUT2D eigenvalue weighted by atomic mass is 15.3. The first-order valence-corrected chi connectivity index (χ1v) is 8.96. The van der Waals surface area contributed by atoms with Crippen LogP contribution in [0.3, 0.4) is 0 Å². The summed E-state index contributed by atoms with van der Waals surface area (Å²) in [6, 6.07) is 0.735. The Hall–Kier alpha value is -0.120. The van der Waals surface area contributed by atoms with Crippen molar-refractivity contribution in [3.8, 4) is 0 Å². The van der Waals surface area contributed by atoms with Gasteiger partial charge < -0.3 is 10.2 Å². The lowest BCUT2D eigenvalue weighted by Crippen LogP contribution is -2.58. The summed E-state index contributed by atoms with van der Waals surface area (Å²) >= 11 is 0. The highest BCUT2D eigenvalue weighted by molar-refractivity contribution is 4.89. The molecule has 1 saturated carbocycles. The fourth-order valence-corrected chi connectivity index (χ4v) is 3.78. The maximum atomic E-state index is 3.89. The smallest absolute Gasteiger partial charge is 0.0278 e. The lowest BCUT2D eigenvalue weighted by atomic mass is 9.85. The second-order valence-electron chi connectivity index (χ2n) is 8.78. The molecular weight excluding hydrogens is 258 g/mol. The minimum atomic E-state index is 0.281. The molecule has 1 heterocycles. The third-order valence-corrected chi connectivity index (χ3v) is 5.76. The second-order valence-corrected chi connectivity index (χ2v) is 8.78. The van der Waals surface area contributed by atoms with Crippen molar-refractivity contribution in [1.82, 2.24) is 15.1 Å². The Morgan fingerprint density at radius 1 is 1.05 bits per heavy atom. The van der Waals surface area contributed by atoms with E-state index in [1.807, 2.05) is 0 Å². The monoisotopic (exact) mass is 295 g/mol. The SMILES string of the molecule is CN1CCN(C(C)(C)CNC2CCCC(C)(C)CC2)CC1. The summed E-state index contributed by atoms with van der Waals surface area (Å²) in [4.78, 5) is 5.11. The summed E-state index contributed by atoms with van der Waals surface area (Å²) in [5.74, 6) is 0. The van der Waals surface area contributed by atoms with Gasteiger partial charge in [-0.25, -0.2) is 0 Å². The van der Waals surface area contributed by atoms with Crippen LogP contribution in [0.15, 0.2) is 0 Å². The molecular formula is C18H37N3. The number of hydrogen-bond donors (Lipinski definition) is 1. The van der Waals surface area contributed by atoms with Crippen LogP contribution in [0, 0.1) is 5.41 Å². The van der Waals surface area contributed by atoms with E-state index in [0.717, 1.165) is 12.6 Å². The number of likely N-dealkylation sites (N-methyl/N-ethyl adjacent to an activating group) is 1. The summed E-state index contributed by atoms with van der Waals surface area (Å²) in [7, 11) is 2.23. The Bertz CT molecular complexity index is 316. The molecule has 0 spiro atoms. The van der Waals surface area contributed by atoms with Crippen molar-refractivity contribution in [2.75, 3.05) is 39.8 Å². The summed E-state index contributed by atoms with van der Waals surface area (Å²) in [5.41, 5.74) is 0.840. The Balaban J connectivity index is 1.78. The molecule has 1 saturated heterocycles. The van der Waals surface area contributed by atoms with Gasteiger partial charge in [0.2, 0.25) is 0 Å². The zero-order valence-electron chi connectivity index (χ0n) is 15.0. The molecule has 2 aliphatic rings. The van der Waals surface area contributed by atoms with Crippen LogP contribution in [0.5, 0.6) is 0 Å². The van der Waals surface area contributed by atoms with Crippen molar-refractivity contribution in [2.24, 2.45) is 5.41 Å². The molecule has 2 rings (SSSR count). The molecule has 1 aliphatic heterocycles. The van der Waals surface area contributed by atoms with Crippen molar-refractivity contribution in [3.05, 3.63) is 0 Å². The van der Waals surface area contributed by atoms with Crippen LogP contribution in [0.1, 0.15) is 59.8 Å². The van der Waals surface area contributed by atoms with E-state index in [4.69, 9.17) is 0 Å². The molecule has 1 N–H and O–H groups in total. The maximum Gasteiger partial charge on any atom is 0.0278 e. The van der Waals surface area contributed by atoms with E-state index in [1.165, 1.54) is 58.3 Å². The zero-order valence-corrected chi connectivity index (χ0v) is 15.0. The summed E-state index contributed by atoms with van der Waals surface area (Å²) in [6.45, 7) is 15.7. The van der Waals surface area contributed by atoms with Gasteiger partial charge in [0.15, 0.2) is 0 Å². The lowest BCUT2D eigenvalue weighted by molar-refractivity contribution is 0.0597. The zero-order chi connectivity index (χ0) is 15.5. The molecule has 124 valence electrons. The highest BCUT2D eigenvalue weighted by Crippen LogP contribution is 2.33. The van der Waals surface area contributed by atoms with Gasteiger partial charge in [0.25, 0.3) is 0 Å². The van der Waals surface area contributed by atoms with Crippen molar-refractivity contribution < 1.29 is 0 Å². The average Bonchev–Trinajstić information content (AvgIpc) is 2.58. The molecule has 0 amide bonds. The molecule has 21 heavy (non-hydrogen) atoms. The Morgan fingerprint density at radius 2 is 1.71 bits per heavy atom. The van der Waals surface area contributed by atoms with Gasteiger partial charge in [-0.05, 0) is 52.0 Å². The molecule has 3 nitrogen and oxygen atoms in total. The Kier molecular flexibility index (Phi) is 5.72. The first-order chi connectivity index (χ1) is 9.78. The Morgan fingerprint density at radius 3 is 2.38 bits per heavy atom. The van der Waals surface area contributed by atoms with Crippen LogP contribution in [0.4, 0.5) is 0 Å². The van der Waals surface area contributed by atoms with E-state index < -0.39 is 0 Å². The van der Waals surface area contributed by atoms with Gasteiger partial charge in [-0.1, -0.05) is 20.3 Å². The third kappa shape index (κ3) is 5.22. The normalized spacial score (nSPS) is 29.3. The molecule has 1 unspecified atom stereocenters. The van der Waals surface area contributed by atoms with E-state index in [1.54, 1.807) is 0 Å². The second kappa shape index (κ2) is 6.97. The van der Waals surface area contributed by atoms with Crippen molar-refractivity contribution >= 4 is 0 Å². The third-order valence-electron chi connectivity index (χ3n) is 5.76. The molecule has 0 radical (unpaired) electrons. The molecule has 3 heteroatoms. The van der Waals surface area contributed by atoms with Crippen LogP contribution in [0.25, 0.3) is 0 Å². The Labute approximate surface area is 132 Å². The van der Waals surface area contributed by atoms with Gasteiger partial charge in [0.1, 0.15) is 0 Å². The van der Waals surface area contributed by atoms with Crippen LogP contribution < -0.4 is 5.32 Å². The standard InChI is InChI=1S/C18H37N3/c1-17(2)9-6-7-16(8-10-17)19-15-18(3,4)21-13-11-20(5)12-14-21/h16,19H,6-15H2,1-5H3. The first-order valence-electron chi connectivity index (χ1n) is 8.96. The minimum absolute atomic E-state index is 0.281. The molecule has 1 atom stereocenters. The van der Waals surface area contributed by atoms with E-state index in [-0.39, 0.29) is 5.54 Å². The molecule has 2 fully saturated rings. The number of hydrogen-bond acceptors (Lipinski definition) is 3. The van der Waals surface area contributed by atoms with Crippen LogP contribution in [0.2, 0.25) is 0 Å². The molecule has 0 bridgehead atoms. The van der Waals surface area contributed by atoms with Gasteiger partial charge in [0, 0.05) is 44.3 Å². The number of nitrogens with one attached hydrogen (secondary N) is 1. The van der Waals surface area contributed by atoms with Crippen molar-refractivity contribution in [3.63, 3.8) is 0 Å². The van der Waals surface area contributed by atoms with Gasteiger partial charge in [-0.3, -0.25) is 4.90 Å². The minimum Gasteiger partial charge on any atom is -0.312 e. The fraction of sp³-hybridized carbons (Fsp3) is 1.00. The quantitative estimate of drug-likeness (QED) is 0.805.